The topological polar surface area (TPSA) is 60.8 Å². The maximum atomic E-state index is 13.3. The van der Waals surface area contributed by atoms with Crippen LogP contribution in [0.1, 0.15) is 50.5 Å². The lowest BCUT2D eigenvalue weighted by molar-refractivity contribution is -0.137. The Balaban J connectivity index is 1.79. The summed E-state index contributed by atoms with van der Waals surface area (Å²) in [5.74, 6) is -2.57. The van der Waals surface area contributed by atoms with Crippen LogP contribution < -0.4 is 0 Å². The van der Waals surface area contributed by atoms with Crippen LogP contribution in [0, 0.1) is 11.6 Å². The number of likely N-dealkylation sites (tertiary alicyclic amines) is 1. The van der Waals surface area contributed by atoms with E-state index in [1.165, 1.54) is 6.07 Å². The first-order chi connectivity index (χ1) is 13.4. The summed E-state index contributed by atoms with van der Waals surface area (Å²) < 4.78 is 26.2. The molecule has 1 aromatic carbocycles. The maximum absolute atomic E-state index is 13.3. The third kappa shape index (κ3) is 7.28. The number of rotatable bonds is 11. The van der Waals surface area contributed by atoms with E-state index in [0.717, 1.165) is 55.8 Å². The van der Waals surface area contributed by atoms with Crippen molar-refractivity contribution in [2.75, 3.05) is 6.54 Å². The predicted molar refractivity (Wildman–Crippen MR) is 108 cm³/mol. The summed E-state index contributed by atoms with van der Waals surface area (Å²) in [6, 6.07) is 3.77. The second-order valence-electron chi connectivity index (χ2n) is 7.16. The Hall–Kier alpha value is -1.86. The van der Waals surface area contributed by atoms with Gasteiger partial charge in [-0.15, -0.1) is 0 Å². The Bertz CT molecular complexity index is 711. The highest BCUT2D eigenvalue weighted by Gasteiger charge is 2.25. The molecule has 1 aliphatic heterocycles. The van der Waals surface area contributed by atoms with E-state index < -0.39 is 23.7 Å². The quantitative estimate of drug-likeness (QED) is 0.324. The molecule has 0 aromatic heterocycles. The summed E-state index contributed by atoms with van der Waals surface area (Å²) >= 11 is 5.44. The molecule has 0 bridgehead atoms. The Morgan fingerprint density at radius 1 is 1.25 bits per heavy atom. The molecule has 0 radical (unpaired) electrons. The van der Waals surface area contributed by atoms with E-state index >= 15 is 0 Å². The van der Waals surface area contributed by atoms with Gasteiger partial charge >= 0.3 is 5.97 Å². The number of aliphatic hydroxyl groups excluding tert-OH is 1. The van der Waals surface area contributed by atoms with Crippen LogP contribution in [0.25, 0.3) is 0 Å². The molecule has 154 valence electrons. The molecular formula is C21H27F2NO3S. The van der Waals surface area contributed by atoms with Crippen LogP contribution in [-0.2, 0) is 11.2 Å². The maximum Gasteiger partial charge on any atom is 0.303 e. The van der Waals surface area contributed by atoms with Crippen molar-refractivity contribution in [3.05, 3.63) is 47.5 Å². The van der Waals surface area contributed by atoms with Crippen LogP contribution in [0.15, 0.2) is 30.4 Å². The predicted octanol–water partition coefficient (Wildman–Crippen LogP) is 4.25. The van der Waals surface area contributed by atoms with Gasteiger partial charge in [0.05, 0.1) is 11.1 Å². The average Bonchev–Trinajstić information content (AvgIpc) is 2.99. The summed E-state index contributed by atoms with van der Waals surface area (Å²) in [6.45, 7) is 0.820. The molecule has 1 aromatic rings. The first-order valence-corrected chi connectivity index (χ1v) is 10.1. The standard InChI is InChI=1S/C21H27F2NO3S/c22-18-10-6-15(14-19(18)23)13-17(25)9-7-16-8-11-20(28)24(16)12-4-2-1-3-5-21(26)27/h6-7,9-10,14,16-17,25H,1-5,8,11-13H2,(H,26,27)/t16-,17+/m0/s1. The second-order valence-corrected chi connectivity index (χ2v) is 7.63. The van der Waals surface area contributed by atoms with Gasteiger partial charge in [-0.2, -0.15) is 0 Å². The molecule has 0 saturated carbocycles. The second kappa shape index (κ2) is 11.2. The van der Waals surface area contributed by atoms with E-state index in [1.807, 2.05) is 6.08 Å². The Labute approximate surface area is 169 Å². The van der Waals surface area contributed by atoms with Crippen molar-refractivity contribution in [3.8, 4) is 0 Å². The molecule has 7 heteroatoms. The highest BCUT2D eigenvalue weighted by Crippen LogP contribution is 2.22. The van der Waals surface area contributed by atoms with E-state index in [2.05, 4.69) is 4.90 Å². The van der Waals surface area contributed by atoms with E-state index in [0.29, 0.717) is 12.0 Å². The smallest absolute Gasteiger partial charge is 0.303 e. The number of hydrogen-bond acceptors (Lipinski definition) is 3. The van der Waals surface area contributed by atoms with Gasteiger partial charge in [-0.3, -0.25) is 4.79 Å². The molecule has 2 rings (SSSR count). The van der Waals surface area contributed by atoms with Crippen molar-refractivity contribution in [3.63, 3.8) is 0 Å². The van der Waals surface area contributed by atoms with Crippen molar-refractivity contribution in [1.29, 1.82) is 0 Å². The molecule has 0 aliphatic carbocycles. The number of aliphatic hydroxyl groups is 1. The van der Waals surface area contributed by atoms with E-state index in [1.54, 1.807) is 6.08 Å². The summed E-state index contributed by atoms with van der Waals surface area (Å²) in [4.78, 5) is 13.6. The third-order valence-corrected chi connectivity index (χ3v) is 5.34. The molecule has 0 amide bonds. The van der Waals surface area contributed by atoms with Gasteiger partial charge in [-0.25, -0.2) is 8.78 Å². The minimum atomic E-state index is -0.913. The molecule has 1 aliphatic rings. The SMILES string of the molecule is O=C(O)CCCCCCN1C(=S)CC[C@@H]1C=C[C@@H](O)Cc1ccc(F)c(F)c1. The normalized spacial score (nSPS) is 18.2. The fourth-order valence-corrected chi connectivity index (χ4v) is 3.74. The minimum Gasteiger partial charge on any atom is -0.481 e. The van der Waals surface area contributed by atoms with Gasteiger partial charge in [0, 0.05) is 31.8 Å². The summed E-state index contributed by atoms with van der Waals surface area (Å²) in [7, 11) is 0. The summed E-state index contributed by atoms with van der Waals surface area (Å²) in [5.41, 5.74) is 0.538. The minimum absolute atomic E-state index is 0.131. The number of carbonyl (C=O) groups is 1. The van der Waals surface area contributed by atoms with Gasteiger partial charge in [-0.05, 0) is 37.0 Å². The summed E-state index contributed by atoms with van der Waals surface area (Å²) in [6.07, 6.45) is 8.50. The monoisotopic (exact) mass is 411 g/mol. The lowest BCUT2D eigenvalue weighted by Crippen LogP contribution is -2.32. The lowest BCUT2D eigenvalue weighted by Gasteiger charge is -2.24. The molecule has 0 spiro atoms. The number of carboxylic acid groups (broad SMARTS) is 1. The molecule has 28 heavy (non-hydrogen) atoms. The fourth-order valence-electron chi connectivity index (χ4n) is 3.39. The van der Waals surface area contributed by atoms with E-state index in [9.17, 15) is 18.7 Å². The molecule has 2 N–H and O–H groups in total. The van der Waals surface area contributed by atoms with Crippen LogP contribution in [0.2, 0.25) is 0 Å². The zero-order valence-electron chi connectivity index (χ0n) is 15.8. The van der Waals surface area contributed by atoms with Gasteiger partial charge in [0.2, 0.25) is 0 Å². The van der Waals surface area contributed by atoms with Crippen LogP contribution in [-0.4, -0.2) is 44.8 Å². The molecule has 0 unspecified atom stereocenters. The lowest BCUT2D eigenvalue weighted by atomic mass is 10.1. The van der Waals surface area contributed by atoms with Gasteiger partial charge in [0.1, 0.15) is 0 Å². The average molecular weight is 412 g/mol. The van der Waals surface area contributed by atoms with Crippen molar-refractivity contribution in [2.45, 2.75) is 63.5 Å². The number of unbranched alkanes of at least 4 members (excludes halogenated alkanes) is 3. The number of aliphatic carboxylic acids is 1. The molecular weight excluding hydrogens is 384 g/mol. The Morgan fingerprint density at radius 2 is 2.00 bits per heavy atom. The highest BCUT2D eigenvalue weighted by molar-refractivity contribution is 7.80. The summed E-state index contributed by atoms with van der Waals surface area (Å²) in [5, 5.41) is 18.8. The number of thiocarbonyl (C=S) groups is 1. The zero-order chi connectivity index (χ0) is 20.5. The first-order valence-electron chi connectivity index (χ1n) is 9.68. The van der Waals surface area contributed by atoms with Crippen LogP contribution in [0.5, 0.6) is 0 Å². The Morgan fingerprint density at radius 3 is 2.71 bits per heavy atom. The number of halogens is 2. The fraction of sp³-hybridized carbons (Fsp3) is 0.524. The Kier molecular flexibility index (Phi) is 8.99. The van der Waals surface area contributed by atoms with Crippen LogP contribution >= 0.6 is 12.2 Å². The molecule has 1 fully saturated rings. The number of nitrogens with zero attached hydrogens (tertiary/aromatic N) is 1. The van der Waals surface area contributed by atoms with Crippen molar-refractivity contribution in [2.24, 2.45) is 0 Å². The molecule has 1 heterocycles. The molecule has 2 atom stereocenters. The van der Waals surface area contributed by atoms with E-state index in [-0.39, 0.29) is 18.9 Å². The largest absolute Gasteiger partial charge is 0.481 e. The van der Waals surface area contributed by atoms with Gasteiger partial charge in [0.25, 0.3) is 0 Å². The third-order valence-electron chi connectivity index (χ3n) is 4.90. The highest BCUT2D eigenvalue weighted by atomic mass is 32.1. The van der Waals surface area contributed by atoms with Gasteiger partial charge < -0.3 is 15.1 Å². The van der Waals surface area contributed by atoms with E-state index in [4.69, 9.17) is 17.3 Å². The molecule has 4 nitrogen and oxygen atoms in total. The van der Waals surface area contributed by atoms with Gasteiger partial charge in [-0.1, -0.05) is 43.3 Å². The van der Waals surface area contributed by atoms with Crippen molar-refractivity contribution >= 4 is 23.2 Å². The number of benzene rings is 1. The zero-order valence-corrected chi connectivity index (χ0v) is 16.6. The van der Waals surface area contributed by atoms with Crippen molar-refractivity contribution < 1.29 is 23.8 Å². The number of hydrogen-bond donors (Lipinski definition) is 2. The van der Waals surface area contributed by atoms with Crippen LogP contribution in [0.4, 0.5) is 8.78 Å². The van der Waals surface area contributed by atoms with Gasteiger partial charge in [0.15, 0.2) is 11.6 Å². The first kappa shape index (κ1) is 22.4. The number of carboxylic acids is 1. The van der Waals surface area contributed by atoms with Crippen LogP contribution in [0.3, 0.4) is 0 Å². The molecule has 1 saturated heterocycles. The van der Waals surface area contributed by atoms with Crippen molar-refractivity contribution in [1.82, 2.24) is 4.90 Å².